The minimum absolute atomic E-state index is 0.0980. The molecule has 10 heteroatoms. The number of benzene rings is 1. The Balaban J connectivity index is 1.78. The zero-order valence-electron chi connectivity index (χ0n) is 16.4. The quantitative estimate of drug-likeness (QED) is 0.524. The first-order valence-corrected chi connectivity index (χ1v) is 8.62. The van der Waals surface area contributed by atoms with Crippen molar-refractivity contribution in [3.05, 3.63) is 41.9 Å². The SMILES string of the molecule is COc1cc(CNC(=O)CNC(=O)CNC(=O)c2ccco2)cc(OC)c1OC. The first-order valence-electron chi connectivity index (χ1n) is 8.62. The Labute approximate surface area is 167 Å². The van der Waals surface area contributed by atoms with Crippen molar-refractivity contribution in [2.24, 2.45) is 0 Å². The van der Waals surface area contributed by atoms with Crippen LogP contribution in [0.3, 0.4) is 0 Å². The predicted molar refractivity (Wildman–Crippen MR) is 102 cm³/mol. The van der Waals surface area contributed by atoms with Gasteiger partial charge in [0, 0.05) is 6.54 Å². The number of hydrogen-bond donors (Lipinski definition) is 3. The summed E-state index contributed by atoms with van der Waals surface area (Å²) in [7, 11) is 4.50. The summed E-state index contributed by atoms with van der Waals surface area (Å²) in [5, 5.41) is 7.48. The zero-order chi connectivity index (χ0) is 21.2. The molecule has 0 saturated carbocycles. The molecule has 0 saturated heterocycles. The lowest BCUT2D eigenvalue weighted by Crippen LogP contribution is -2.41. The van der Waals surface area contributed by atoms with Crippen molar-refractivity contribution in [2.75, 3.05) is 34.4 Å². The highest BCUT2D eigenvalue weighted by Crippen LogP contribution is 2.38. The van der Waals surface area contributed by atoms with Gasteiger partial charge in [0.05, 0.1) is 40.7 Å². The lowest BCUT2D eigenvalue weighted by atomic mass is 10.1. The summed E-state index contributed by atoms with van der Waals surface area (Å²) < 4.78 is 20.7. The monoisotopic (exact) mass is 405 g/mol. The molecule has 0 aliphatic rings. The second-order valence-electron chi connectivity index (χ2n) is 5.75. The maximum Gasteiger partial charge on any atom is 0.287 e. The van der Waals surface area contributed by atoms with Crippen LogP contribution in [0.5, 0.6) is 17.2 Å². The number of nitrogens with one attached hydrogen (secondary N) is 3. The number of methoxy groups -OCH3 is 3. The minimum Gasteiger partial charge on any atom is -0.493 e. The van der Waals surface area contributed by atoms with E-state index in [-0.39, 0.29) is 25.4 Å². The van der Waals surface area contributed by atoms with Crippen LogP contribution >= 0.6 is 0 Å². The molecule has 1 aromatic heterocycles. The summed E-state index contributed by atoms with van der Waals surface area (Å²) in [6.45, 7) is -0.319. The number of furan rings is 1. The molecule has 10 nitrogen and oxygen atoms in total. The van der Waals surface area contributed by atoms with E-state index in [0.717, 1.165) is 5.56 Å². The molecule has 2 aromatic rings. The number of carbonyl (C=O) groups excluding carboxylic acids is 3. The second kappa shape index (κ2) is 10.6. The summed E-state index contributed by atoms with van der Waals surface area (Å²) in [4.78, 5) is 35.4. The third-order valence-corrected chi connectivity index (χ3v) is 3.81. The number of rotatable bonds is 10. The summed E-state index contributed by atoms with van der Waals surface area (Å²) >= 11 is 0. The zero-order valence-corrected chi connectivity index (χ0v) is 16.4. The maximum atomic E-state index is 12.0. The van der Waals surface area contributed by atoms with E-state index < -0.39 is 17.7 Å². The minimum atomic E-state index is -0.517. The van der Waals surface area contributed by atoms with Gasteiger partial charge in [0.1, 0.15) is 0 Å². The van der Waals surface area contributed by atoms with Gasteiger partial charge in [0.25, 0.3) is 5.91 Å². The van der Waals surface area contributed by atoms with E-state index in [1.807, 2.05) is 0 Å². The molecular formula is C19H23N3O7. The van der Waals surface area contributed by atoms with E-state index in [1.54, 1.807) is 18.2 Å². The fraction of sp³-hybridized carbons (Fsp3) is 0.316. The van der Waals surface area contributed by atoms with Crippen molar-refractivity contribution >= 4 is 17.7 Å². The van der Waals surface area contributed by atoms with Crippen molar-refractivity contribution < 1.29 is 33.0 Å². The molecule has 0 aliphatic carbocycles. The fourth-order valence-electron chi connectivity index (χ4n) is 2.40. The van der Waals surface area contributed by atoms with Gasteiger partial charge in [0.2, 0.25) is 17.6 Å². The Morgan fingerprint density at radius 3 is 2.07 bits per heavy atom. The van der Waals surface area contributed by atoms with Gasteiger partial charge in [-0.2, -0.15) is 0 Å². The Hall–Kier alpha value is -3.69. The summed E-state index contributed by atoms with van der Waals surface area (Å²) in [5.74, 6) is 0.0672. The number of carbonyl (C=O) groups is 3. The van der Waals surface area contributed by atoms with Crippen LogP contribution in [0.15, 0.2) is 34.9 Å². The van der Waals surface area contributed by atoms with Crippen molar-refractivity contribution in [3.8, 4) is 17.2 Å². The van der Waals surface area contributed by atoms with Gasteiger partial charge in [-0.25, -0.2) is 0 Å². The number of amides is 3. The van der Waals surface area contributed by atoms with Crippen molar-refractivity contribution in [1.29, 1.82) is 0 Å². The molecule has 29 heavy (non-hydrogen) atoms. The Kier molecular flexibility index (Phi) is 7.89. The van der Waals surface area contributed by atoms with E-state index in [9.17, 15) is 14.4 Å². The standard InChI is InChI=1S/C19H23N3O7/c1-26-14-7-12(8-15(27-2)18(14)28-3)9-20-16(23)10-21-17(24)11-22-19(25)13-5-4-6-29-13/h4-8H,9-11H2,1-3H3,(H,20,23)(H,21,24)(H,22,25). The van der Waals surface area contributed by atoms with Crippen LogP contribution in [0.4, 0.5) is 0 Å². The lowest BCUT2D eigenvalue weighted by Gasteiger charge is -2.14. The fourth-order valence-corrected chi connectivity index (χ4v) is 2.40. The second-order valence-corrected chi connectivity index (χ2v) is 5.75. The smallest absolute Gasteiger partial charge is 0.287 e. The van der Waals surface area contributed by atoms with Crippen LogP contribution in [-0.2, 0) is 16.1 Å². The molecule has 156 valence electrons. The van der Waals surface area contributed by atoms with Gasteiger partial charge < -0.3 is 34.6 Å². The highest BCUT2D eigenvalue weighted by atomic mass is 16.5. The third kappa shape index (κ3) is 6.16. The molecule has 0 spiro atoms. The van der Waals surface area contributed by atoms with Gasteiger partial charge in [-0.05, 0) is 29.8 Å². The summed E-state index contributed by atoms with van der Waals surface area (Å²) in [5.41, 5.74) is 0.727. The molecule has 0 atom stereocenters. The van der Waals surface area contributed by atoms with Crippen LogP contribution < -0.4 is 30.2 Å². The van der Waals surface area contributed by atoms with Gasteiger partial charge in [-0.3, -0.25) is 14.4 Å². The van der Waals surface area contributed by atoms with Crippen LogP contribution in [0.1, 0.15) is 16.1 Å². The van der Waals surface area contributed by atoms with E-state index in [1.165, 1.54) is 33.7 Å². The Morgan fingerprint density at radius 1 is 0.897 bits per heavy atom. The molecular weight excluding hydrogens is 382 g/mol. The van der Waals surface area contributed by atoms with Gasteiger partial charge in [0.15, 0.2) is 17.3 Å². The molecule has 1 heterocycles. The predicted octanol–water partition coefficient (Wildman–Crippen LogP) is 0.468. The van der Waals surface area contributed by atoms with Crippen LogP contribution in [-0.4, -0.2) is 52.1 Å². The van der Waals surface area contributed by atoms with Crippen LogP contribution in [0.25, 0.3) is 0 Å². The largest absolute Gasteiger partial charge is 0.493 e. The summed E-state index contributed by atoms with van der Waals surface area (Å²) in [6, 6.07) is 6.46. The van der Waals surface area contributed by atoms with Crippen molar-refractivity contribution in [3.63, 3.8) is 0 Å². The van der Waals surface area contributed by atoms with E-state index in [4.69, 9.17) is 18.6 Å². The normalized spacial score (nSPS) is 10.0. The first-order chi connectivity index (χ1) is 14.0. The molecule has 0 bridgehead atoms. The average molecular weight is 405 g/mol. The number of ether oxygens (including phenoxy) is 3. The highest BCUT2D eigenvalue weighted by Gasteiger charge is 2.14. The van der Waals surface area contributed by atoms with Crippen LogP contribution in [0, 0.1) is 0 Å². The number of hydrogen-bond acceptors (Lipinski definition) is 7. The molecule has 1 aromatic carbocycles. The topological polar surface area (TPSA) is 128 Å². The lowest BCUT2D eigenvalue weighted by molar-refractivity contribution is -0.125. The molecule has 3 amide bonds. The molecule has 0 fully saturated rings. The third-order valence-electron chi connectivity index (χ3n) is 3.81. The maximum absolute atomic E-state index is 12.0. The van der Waals surface area contributed by atoms with Crippen molar-refractivity contribution in [2.45, 2.75) is 6.54 Å². The molecule has 3 N–H and O–H groups in total. The van der Waals surface area contributed by atoms with Crippen LogP contribution in [0.2, 0.25) is 0 Å². The average Bonchev–Trinajstić information content (AvgIpc) is 3.28. The van der Waals surface area contributed by atoms with E-state index in [0.29, 0.717) is 17.2 Å². The first kappa shape index (κ1) is 21.6. The van der Waals surface area contributed by atoms with Gasteiger partial charge in [-0.15, -0.1) is 0 Å². The highest BCUT2D eigenvalue weighted by molar-refractivity contribution is 5.94. The molecule has 0 radical (unpaired) electrons. The molecule has 0 aliphatic heterocycles. The van der Waals surface area contributed by atoms with Crippen molar-refractivity contribution in [1.82, 2.24) is 16.0 Å². The van der Waals surface area contributed by atoms with E-state index >= 15 is 0 Å². The molecule has 2 rings (SSSR count). The van der Waals surface area contributed by atoms with E-state index in [2.05, 4.69) is 16.0 Å². The van der Waals surface area contributed by atoms with Gasteiger partial charge in [-0.1, -0.05) is 0 Å². The Morgan fingerprint density at radius 2 is 1.52 bits per heavy atom. The molecule has 0 unspecified atom stereocenters. The summed E-state index contributed by atoms with van der Waals surface area (Å²) in [6.07, 6.45) is 1.35. The van der Waals surface area contributed by atoms with Gasteiger partial charge >= 0.3 is 0 Å². The Bertz CT molecular complexity index is 824.